The van der Waals surface area contributed by atoms with Crippen LogP contribution in [0.15, 0.2) is 59.0 Å². The molecule has 0 saturated heterocycles. The zero-order valence-corrected chi connectivity index (χ0v) is 16.7. The number of benzene rings is 3. The van der Waals surface area contributed by atoms with Gasteiger partial charge in [0.25, 0.3) is 5.91 Å². The third-order valence-corrected chi connectivity index (χ3v) is 5.17. The predicted octanol–water partition coefficient (Wildman–Crippen LogP) is 6.67. The van der Waals surface area contributed by atoms with Crippen LogP contribution in [0.1, 0.15) is 21.5 Å². The van der Waals surface area contributed by atoms with E-state index in [-0.39, 0.29) is 5.91 Å². The van der Waals surface area contributed by atoms with Crippen molar-refractivity contribution in [3.63, 3.8) is 0 Å². The number of nitrogens with zero attached hydrogens (tertiary/aromatic N) is 1. The fourth-order valence-corrected chi connectivity index (χ4v) is 3.23. The third-order valence-electron chi connectivity index (χ3n) is 4.43. The summed E-state index contributed by atoms with van der Waals surface area (Å²) in [6.07, 6.45) is 0. The van der Waals surface area contributed by atoms with E-state index < -0.39 is 0 Å². The average molecular weight is 411 g/mol. The van der Waals surface area contributed by atoms with Crippen LogP contribution in [0.4, 0.5) is 5.69 Å². The number of rotatable bonds is 3. The predicted molar refractivity (Wildman–Crippen MR) is 113 cm³/mol. The lowest BCUT2D eigenvalue weighted by atomic mass is 10.1. The molecule has 0 aliphatic carbocycles. The minimum absolute atomic E-state index is 0.261. The van der Waals surface area contributed by atoms with Gasteiger partial charge in [-0.1, -0.05) is 35.3 Å². The Hall–Kier alpha value is -2.82. The van der Waals surface area contributed by atoms with Crippen LogP contribution >= 0.6 is 23.2 Å². The van der Waals surface area contributed by atoms with E-state index in [2.05, 4.69) is 10.3 Å². The maximum atomic E-state index is 12.5. The Bertz CT molecular complexity index is 1210. The molecule has 140 valence electrons. The van der Waals surface area contributed by atoms with Crippen LogP contribution in [0.2, 0.25) is 10.0 Å². The molecule has 4 nitrogen and oxygen atoms in total. The quantitative estimate of drug-likeness (QED) is 0.410. The second-order valence-electron chi connectivity index (χ2n) is 6.60. The Morgan fingerprint density at radius 3 is 2.57 bits per heavy atom. The van der Waals surface area contributed by atoms with Crippen molar-refractivity contribution in [3.05, 3.63) is 81.3 Å². The summed E-state index contributed by atoms with van der Waals surface area (Å²) in [5.74, 6) is 0.142. The minimum atomic E-state index is -0.261. The molecule has 0 radical (unpaired) electrons. The molecule has 0 aliphatic heterocycles. The van der Waals surface area contributed by atoms with E-state index in [0.29, 0.717) is 38.3 Å². The highest BCUT2D eigenvalue weighted by molar-refractivity contribution is 6.33. The number of fused-ring (bicyclic) bond motifs is 1. The van der Waals surface area contributed by atoms with Gasteiger partial charge < -0.3 is 9.73 Å². The fraction of sp³-hybridized carbons (Fsp3) is 0.0909. The first-order valence-electron chi connectivity index (χ1n) is 8.65. The second kappa shape index (κ2) is 7.30. The number of anilines is 1. The molecule has 0 unspecified atom stereocenters. The third kappa shape index (κ3) is 3.61. The van der Waals surface area contributed by atoms with E-state index in [4.69, 9.17) is 27.6 Å². The first kappa shape index (κ1) is 18.5. The number of nitrogens with one attached hydrogen (secondary N) is 1. The van der Waals surface area contributed by atoms with Crippen molar-refractivity contribution >= 4 is 45.9 Å². The van der Waals surface area contributed by atoms with Gasteiger partial charge in [0.2, 0.25) is 5.89 Å². The molecule has 0 fully saturated rings. The van der Waals surface area contributed by atoms with Crippen molar-refractivity contribution in [2.45, 2.75) is 13.8 Å². The molecule has 0 bridgehead atoms. The molecule has 3 aromatic carbocycles. The Morgan fingerprint density at radius 2 is 1.79 bits per heavy atom. The molecule has 4 aromatic rings. The summed E-state index contributed by atoms with van der Waals surface area (Å²) in [5.41, 5.74) is 5.10. The van der Waals surface area contributed by atoms with Crippen molar-refractivity contribution in [1.29, 1.82) is 0 Å². The van der Waals surface area contributed by atoms with Gasteiger partial charge in [-0.25, -0.2) is 4.98 Å². The number of carbonyl (C=O) groups excluding carboxylic acids is 1. The van der Waals surface area contributed by atoms with Gasteiger partial charge in [-0.15, -0.1) is 0 Å². The Kier molecular flexibility index (Phi) is 4.84. The zero-order valence-electron chi connectivity index (χ0n) is 15.2. The van der Waals surface area contributed by atoms with Crippen molar-refractivity contribution in [2.24, 2.45) is 0 Å². The number of carbonyl (C=O) groups is 1. The fourth-order valence-electron chi connectivity index (χ4n) is 2.85. The lowest BCUT2D eigenvalue weighted by Gasteiger charge is -2.08. The van der Waals surface area contributed by atoms with Crippen LogP contribution in [0.25, 0.3) is 22.6 Å². The average Bonchev–Trinajstić information content (AvgIpc) is 3.08. The molecule has 4 rings (SSSR count). The zero-order chi connectivity index (χ0) is 19.8. The molecular formula is C22H16Cl2N2O2. The van der Waals surface area contributed by atoms with Crippen molar-refractivity contribution in [3.8, 4) is 11.5 Å². The van der Waals surface area contributed by atoms with Crippen LogP contribution in [0.5, 0.6) is 0 Å². The summed E-state index contributed by atoms with van der Waals surface area (Å²) in [6, 6.07) is 16.2. The number of halogens is 2. The molecule has 1 heterocycles. The van der Waals surface area contributed by atoms with Crippen LogP contribution in [0.3, 0.4) is 0 Å². The van der Waals surface area contributed by atoms with Gasteiger partial charge in [0.15, 0.2) is 5.58 Å². The van der Waals surface area contributed by atoms with E-state index in [1.54, 1.807) is 30.3 Å². The standard InChI is InChI=1S/C22H16Cl2N2O2/c1-12-3-8-19-20(9-12)28-22(26-19)16-11-15(6-7-17(16)23)25-21(27)14-5-4-13(2)18(24)10-14/h3-11H,1-2H3,(H,25,27). The van der Waals surface area contributed by atoms with Crippen LogP contribution in [-0.2, 0) is 0 Å². The summed E-state index contributed by atoms with van der Waals surface area (Å²) < 4.78 is 5.86. The molecular weight excluding hydrogens is 395 g/mol. The summed E-state index contributed by atoms with van der Waals surface area (Å²) in [7, 11) is 0. The van der Waals surface area contributed by atoms with Gasteiger partial charge in [-0.3, -0.25) is 4.79 Å². The van der Waals surface area contributed by atoms with Gasteiger partial charge in [0.05, 0.1) is 10.6 Å². The monoisotopic (exact) mass is 410 g/mol. The van der Waals surface area contributed by atoms with Gasteiger partial charge >= 0.3 is 0 Å². The first-order chi connectivity index (χ1) is 13.4. The van der Waals surface area contributed by atoms with Crippen molar-refractivity contribution < 1.29 is 9.21 Å². The van der Waals surface area contributed by atoms with E-state index in [1.807, 2.05) is 38.1 Å². The molecule has 0 saturated carbocycles. The van der Waals surface area contributed by atoms with Gasteiger partial charge in [-0.2, -0.15) is 0 Å². The lowest BCUT2D eigenvalue weighted by Crippen LogP contribution is -2.12. The van der Waals surface area contributed by atoms with Crippen molar-refractivity contribution in [1.82, 2.24) is 4.98 Å². The Labute approximate surface area is 172 Å². The number of hydrogen-bond acceptors (Lipinski definition) is 3. The highest BCUT2D eigenvalue weighted by Gasteiger charge is 2.14. The van der Waals surface area contributed by atoms with E-state index in [1.165, 1.54) is 0 Å². The molecule has 1 N–H and O–H groups in total. The van der Waals surface area contributed by atoms with Gasteiger partial charge in [-0.05, 0) is 67.4 Å². The topological polar surface area (TPSA) is 55.1 Å². The van der Waals surface area contributed by atoms with Gasteiger partial charge in [0.1, 0.15) is 5.52 Å². The maximum absolute atomic E-state index is 12.5. The Balaban J connectivity index is 1.66. The van der Waals surface area contributed by atoms with Crippen LogP contribution < -0.4 is 5.32 Å². The number of oxazole rings is 1. The highest BCUT2D eigenvalue weighted by atomic mass is 35.5. The SMILES string of the molecule is Cc1ccc2nc(-c3cc(NC(=O)c4ccc(C)c(Cl)c4)ccc3Cl)oc2c1. The van der Waals surface area contributed by atoms with E-state index >= 15 is 0 Å². The molecule has 0 atom stereocenters. The van der Waals surface area contributed by atoms with Crippen molar-refractivity contribution in [2.75, 3.05) is 5.32 Å². The normalized spacial score (nSPS) is 11.0. The molecule has 0 aliphatic rings. The second-order valence-corrected chi connectivity index (χ2v) is 7.42. The van der Waals surface area contributed by atoms with E-state index in [9.17, 15) is 4.79 Å². The van der Waals surface area contributed by atoms with Gasteiger partial charge in [0, 0.05) is 16.3 Å². The van der Waals surface area contributed by atoms with Crippen LogP contribution in [0, 0.1) is 13.8 Å². The first-order valence-corrected chi connectivity index (χ1v) is 9.41. The summed E-state index contributed by atoms with van der Waals surface area (Å²) >= 11 is 12.5. The largest absolute Gasteiger partial charge is 0.436 e. The number of aryl methyl sites for hydroxylation is 2. The number of hydrogen-bond donors (Lipinski definition) is 1. The molecule has 1 amide bonds. The smallest absolute Gasteiger partial charge is 0.255 e. The van der Waals surface area contributed by atoms with Crippen LogP contribution in [-0.4, -0.2) is 10.9 Å². The molecule has 1 aromatic heterocycles. The molecule has 0 spiro atoms. The molecule has 6 heteroatoms. The number of amides is 1. The summed E-state index contributed by atoms with van der Waals surface area (Å²) in [5, 5.41) is 3.89. The highest BCUT2D eigenvalue weighted by Crippen LogP contribution is 2.32. The summed E-state index contributed by atoms with van der Waals surface area (Å²) in [6.45, 7) is 3.87. The number of aromatic nitrogens is 1. The Morgan fingerprint density at radius 1 is 0.964 bits per heavy atom. The minimum Gasteiger partial charge on any atom is -0.436 e. The summed E-state index contributed by atoms with van der Waals surface area (Å²) in [4.78, 5) is 17.1. The lowest BCUT2D eigenvalue weighted by molar-refractivity contribution is 0.102. The van der Waals surface area contributed by atoms with E-state index in [0.717, 1.165) is 16.6 Å². The molecule has 28 heavy (non-hydrogen) atoms. The maximum Gasteiger partial charge on any atom is 0.255 e.